The lowest BCUT2D eigenvalue weighted by atomic mass is 10.1. The van der Waals surface area contributed by atoms with E-state index in [1.54, 1.807) is 11.9 Å². The van der Waals surface area contributed by atoms with Crippen molar-refractivity contribution in [3.8, 4) is 0 Å². The average molecular weight is 360 g/mol. The summed E-state index contributed by atoms with van der Waals surface area (Å²) in [6.07, 6.45) is 0.391. The van der Waals surface area contributed by atoms with E-state index in [-0.39, 0.29) is 29.6 Å². The Morgan fingerprint density at radius 1 is 1.33 bits per heavy atom. The minimum atomic E-state index is -2.86. The Hall–Kier alpha value is -1.51. The molecule has 2 heterocycles. The molecular weight excluding hydrogens is 332 g/mol. The van der Waals surface area contributed by atoms with Crippen LogP contribution in [0.25, 0.3) is 0 Å². The van der Waals surface area contributed by atoms with E-state index in [1.165, 1.54) is 0 Å². The van der Waals surface area contributed by atoms with Crippen LogP contribution in [0, 0.1) is 5.92 Å². The first-order valence-corrected chi connectivity index (χ1v) is 10.1. The number of hydrogen-bond donors (Lipinski definition) is 2. The molecule has 2 aliphatic heterocycles. The van der Waals surface area contributed by atoms with Gasteiger partial charge in [0, 0.05) is 26.7 Å². The minimum Gasteiger partial charge on any atom is -0.444 e. The van der Waals surface area contributed by atoms with Gasteiger partial charge in [0.05, 0.1) is 17.5 Å². The third-order valence-corrected chi connectivity index (χ3v) is 5.82. The van der Waals surface area contributed by atoms with Crippen LogP contribution in [0.3, 0.4) is 0 Å². The lowest BCUT2D eigenvalue weighted by molar-refractivity contribution is 0.00701. The van der Waals surface area contributed by atoms with E-state index in [4.69, 9.17) is 4.74 Å². The van der Waals surface area contributed by atoms with Gasteiger partial charge in [0.15, 0.2) is 15.8 Å². The van der Waals surface area contributed by atoms with E-state index in [0.717, 1.165) is 0 Å². The Labute approximate surface area is 143 Å². The Bertz CT molecular complexity index is 591. The summed E-state index contributed by atoms with van der Waals surface area (Å²) < 4.78 is 28.2. The number of carbonyl (C=O) groups excluding carboxylic acids is 1. The zero-order valence-corrected chi connectivity index (χ0v) is 15.6. The fraction of sp³-hybridized carbons (Fsp3) is 0.867. The van der Waals surface area contributed by atoms with Crippen LogP contribution in [0.15, 0.2) is 4.99 Å². The summed E-state index contributed by atoms with van der Waals surface area (Å²) in [5.74, 6) is 1.28. The van der Waals surface area contributed by atoms with Gasteiger partial charge in [-0.1, -0.05) is 0 Å². The molecule has 0 radical (unpaired) electrons. The van der Waals surface area contributed by atoms with Gasteiger partial charge < -0.3 is 20.3 Å². The van der Waals surface area contributed by atoms with Crippen LogP contribution in [0.5, 0.6) is 0 Å². The van der Waals surface area contributed by atoms with Crippen molar-refractivity contribution < 1.29 is 17.9 Å². The Morgan fingerprint density at radius 3 is 2.50 bits per heavy atom. The van der Waals surface area contributed by atoms with Gasteiger partial charge in [-0.2, -0.15) is 0 Å². The lowest BCUT2D eigenvalue weighted by Gasteiger charge is -2.40. The maximum Gasteiger partial charge on any atom is 0.410 e. The molecule has 1 unspecified atom stereocenters. The average Bonchev–Trinajstić information content (AvgIpc) is 2.74. The highest BCUT2D eigenvalue weighted by molar-refractivity contribution is 7.91. The lowest BCUT2D eigenvalue weighted by Crippen LogP contribution is -2.63. The molecule has 2 N–H and O–H groups in total. The fourth-order valence-electron chi connectivity index (χ4n) is 2.71. The SMILES string of the molecule is CN=C(NCC1CCS(=O)(=O)C1)NC1CN(C(=O)OC(C)(C)C)C1. The van der Waals surface area contributed by atoms with Gasteiger partial charge in [-0.25, -0.2) is 13.2 Å². The summed E-state index contributed by atoms with van der Waals surface area (Å²) in [6, 6.07) is 0.121. The molecular formula is C15H28N4O4S. The van der Waals surface area contributed by atoms with Crippen LogP contribution in [-0.2, 0) is 14.6 Å². The van der Waals surface area contributed by atoms with Crippen LogP contribution < -0.4 is 10.6 Å². The third-order valence-electron chi connectivity index (χ3n) is 3.98. The third kappa shape index (κ3) is 5.54. The molecule has 0 spiro atoms. The summed E-state index contributed by atoms with van der Waals surface area (Å²) in [5.41, 5.74) is -0.491. The molecule has 138 valence electrons. The summed E-state index contributed by atoms with van der Waals surface area (Å²) in [7, 11) is -1.19. The van der Waals surface area contributed by atoms with Crippen LogP contribution in [0.1, 0.15) is 27.2 Å². The molecule has 0 aliphatic carbocycles. The van der Waals surface area contributed by atoms with E-state index in [1.807, 2.05) is 20.8 Å². The molecule has 9 heteroatoms. The fourth-order valence-corrected chi connectivity index (χ4v) is 4.57. The highest BCUT2D eigenvalue weighted by Gasteiger charge is 2.34. The number of likely N-dealkylation sites (tertiary alicyclic amines) is 1. The summed E-state index contributed by atoms with van der Waals surface area (Å²) in [6.45, 7) is 7.24. The number of rotatable bonds is 3. The van der Waals surface area contributed by atoms with E-state index in [0.29, 0.717) is 32.0 Å². The molecule has 8 nitrogen and oxygen atoms in total. The molecule has 24 heavy (non-hydrogen) atoms. The monoisotopic (exact) mass is 360 g/mol. The minimum absolute atomic E-state index is 0.121. The van der Waals surface area contributed by atoms with Gasteiger partial charge in [-0.05, 0) is 33.1 Å². The van der Waals surface area contributed by atoms with Crippen molar-refractivity contribution in [2.45, 2.75) is 38.8 Å². The molecule has 2 saturated heterocycles. The first-order valence-electron chi connectivity index (χ1n) is 8.23. The van der Waals surface area contributed by atoms with Crippen LogP contribution in [0.2, 0.25) is 0 Å². The van der Waals surface area contributed by atoms with Gasteiger partial charge >= 0.3 is 6.09 Å². The Morgan fingerprint density at radius 2 is 2.00 bits per heavy atom. The van der Waals surface area contributed by atoms with Gasteiger partial charge in [0.25, 0.3) is 0 Å². The standard InChI is InChI=1S/C15H28N4O4S/c1-15(2,3)23-14(20)19-8-12(9-19)18-13(16-4)17-7-11-5-6-24(21,22)10-11/h11-12H,5-10H2,1-4H3,(H2,16,17,18). The smallest absolute Gasteiger partial charge is 0.410 e. The number of sulfone groups is 1. The van der Waals surface area contributed by atoms with Gasteiger partial charge in [0.1, 0.15) is 5.60 Å². The van der Waals surface area contributed by atoms with Gasteiger partial charge in [0.2, 0.25) is 0 Å². The van der Waals surface area contributed by atoms with Crippen molar-refractivity contribution in [3.05, 3.63) is 0 Å². The summed E-state index contributed by atoms with van der Waals surface area (Å²) >= 11 is 0. The van der Waals surface area contributed by atoms with Crippen molar-refractivity contribution in [1.29, 1.82) is 0 Å². The number of amides is 1. The van der Waals surface area contributed by atoms with E-state index in [2.05, 4.69) is 15.6 Å². The van der Waals surface area contributed by atoms with Gasteiger partial charge in [-0.3, -0.25) is 4.99 Å². The van der Waals surface area contributed by atoms with Gasteiger partial charge in [-0.15, -0.1) is 0 Å². The first-order chi connectivity index (χ1) is 11.1. The molecule has 0 aromatic heterocycles. The molecule has 0 bridgehead atoms. The van der Waals surface area contributed by atoms with Crippen LogP contribution in [0.4, 0.5) is 4.79 Å². The summed E-state index contributed by atoms with van der Waals surface area (Å²) in [4.78, 5) is 17.7. The molecule has 2 aliphatic rings. The second-order valence-corrected chi connectivity index (χ2v) is 9.68. The van der Waals surface area contributed by atoms with E-state index >= 15 is 0 Å². The van der Waals surface area contributed by atoms with Crippen molar-refractivity contribution in [2.24, 2.45) is 10.9 Å². The highest BCUT2D eigenvalue weighted by Crippen LogP contribution is 2.17. The number of guanidine groups is 1. The molecule has 1 atom stereocenters. The molecule has 0 aromatic rings. The molecule has 2 fully saturated rings. The maximum atomic E-state index is 11.9. The molecule has 2 rings (SSSR count). The van der Waals surface area contributed by atoms with E-state index < -0.39 is 15.4 Å². The van der Waals surface area contributed by atoms with E-state index in [9.17, 15) is 13.2 Å². The van der Waals surface area contributed by atoms with Crippen molar-refractivity contribution >= 4 is 21.9 Å². The second kappa shape index (κ2) is 7.16. The largest absolute Gasteiger partial charge is 0.444 e. The predicted molar refractivity (Wildman–Crippen MR) is 92.9 cm³/mol. The zero-order valence-electron chi connectivity index (χ0n) is 14.8. The van der Waals surface area contributed by atoms with Crippen LogP contribution in [-0.4, -0.2) is 75.2 Å². The van der Waals surface area contributed by atoms with Crippen molar-refractivity contribution in [1.82, 2.24) is 15.5 Å². The number of aliphatic imine (C=N–C) groups is 1. The molecule has 0 saturated carbocycles. The van der Waals surface area contributed by atoms with Crippen molar-refractivity contribution in [3.63, 3.8) is 0 Å². The van der Waals surface area contributed by atoms with Crippen LogP contribution >= 0.6 is 0 Å². The molecule has 1 amide bonds. The number of hydrogen-bond acceptors (Lipinski definition) is 5. The number of carbonyl (C=O) groups is 1. The number of nitrogens with one attached hydrogen (secondary N) is 2. The van der Waals surface area contributed by atoms with Crippen molar-refractivity contribution in [2.75, 3.05) is 38.2 Å². The first kappa shape index (κ1) is 18.8. The predicted octanol–water partition coefficient (Wildman–Crippen LogP) is 0.205. The number of nitrogens with zero attached hydrogens (tertiary/aromatic N) is 2. The highest BCUT2D eigenvalue weighted by atomic mass is 32.2. The topological polar surface area (TPSA) is 100 Å². The zero-order chi connectivity index (χ0) is 18.0. The quantitative estimate of drug-likeness (QED) is 0.551. The Balaban J connectivity index is 1.69. The summed E-state index contributed by atoms with van der Waals surface area (Å²) in [5, 5.41) is 6.41. The second-order valence-electron chi connectivity index (χ2n) is 7.45. The normalized spacial score (nSPS) is 24.4. The number of ether oxygens (including phenoxy) is 1. The molecule has 0 aromatic carbocycles. The maximum absolute atomic E-state index is 11.9. The Kier molecular flexibility index (Phi) is 5.62.